The number of nitrogens with zero attached hydrogens (tertiary/aromatic N) is 2. The lowest BCUT2D eigenvalue weighted by molar-refractivity contribution is 0.649. The van der Waals surface area contributed by atoms with Crippen LogP contribution < -0.4 is 10.2 Å². The maximum atomic E-state index is 4.52. The Balaban J connectivity index is 2.09. The molecule has 1 aliphatic rings. The summed E-state index contributed by atoms with van der Waals surface area (Å²) in [6.45, 7) is 4.47. The summed E-state index contributed by atoms with van der Waals surface area (Å²) in [4.78, 5) is 6.87. The highest BCUT2D eigenvalue weighted by Crippen LogP contribution is 2.19. The van der Waals surface area contributed by atoms with E-state index in [9.17, 15) is 0 Å². The number of hydrogen-bond donors (Lipinski definition) is 1. The highest BCUT2D eigenvalue weighted by atomic mass is 15.2. The lowest BCUT2D eigenvalue weighted by Gasteiger charge is -2.17. The van der Waals surface area contributed by atoms with Crippen molar-refractivity contribution < 1.29 is 0 Å². The normalized spacial score (nSPS) is 18.1. The van der Waals surface area contributed by atoms with E-state index in [0.717, 1.165) is 18.9 Å². The van der Waals surface area contributed by atoms with Crippen molar-refractivity contribution in [3.63, 3.8) is 0 Å². The molecule has 3 nitrogen and oxygen atoms in total. The van der Waals surface area contributed by atoms with Crippen molar-refractivity contribution in [2.75, 3.05) is 25.0 Å². The highest BCUT2D eigenvalue weighted by Gasteiger charge is 2.13. The van der Waals surface area contributed by atoms with Gasteiger partial charge < -0.3 is 10.2 Å². The largest absolute Gasteiger partial charge is 0.357 e. The minimum atomic E-state index is 0.380. The zero-order chi connectivity index (χ0) is 10.7. The Bertz CT molecular complexity index is 301. The fourth-order valence-electron chi connectivity index (χ4n) is 1.95. The molecule has 1 aromatic rings. The molecular weight excluding hydrogens is 186 g/mol. The lowest BCUT2D eigenvalue weighted by atomic mass is 10.1. The molecule has 0 bridgehead atoms. The van der Waals surface area contributed by atoms with Gasteiger partial charge in [-0.05, 0) is 38.4 Å². The minimum Gasteiger partial charge on any atom is -0.357 e. The fourth-order valence-corrected chi connectivity index (χ4v) is 1.95. The number of hydrogen-bond acceptors (Lipinski definition) is 3. The molecular formula is C12H19N3. The summed E-state index contributed by atoms with van der Waals surface area (Å²) in [6, 6.07) is 4.68. The lowest BCUT2D eigenvalue weighted by Crippen LogP contribution is -2.19. The Hall–Kier alpha value is -1.09. The molecule has 1 unspecified atom stereocenters. The van der Waals surface area contributed by atoms with Crippen molar-refractivity contribution in [1.82, 2.24) is 10.3 Å². The van der Waals surface area contributed by atoms with Gasteiger partial charge in [-0.25, -0.2) is 4.98 Å². The summed E-state index contributed by atoms with van der Waals surface area (Å²) in [6.07, 6.45) is 4.58. The smallest absolute Gasteiger partial charge is 0.128 e. The van der Waals surface area contributed by atoms with E-state index in [0.29, 0.717) is 6.04 Å². The number of aromatic nitrogens is 1. The Kier molecular flexibility index (Phi) is 3.21. The molecule has 15 heavy (non-hydrogen) atoms. The first-order valence-electron chi connectivity index (χ1n) is 5.69. The molecule has 1 aromatic heterocycles. The zero-order valence-corrected chi connectivity index (χ0v) is 9.53. The van der Waals surface area contributed by atoms with Crippen LogP contribution in [0.15, 0.2) is 18.3 Å². The van der Waals surface area contributed by atoms with Crippen LogP contribution in [0.3, 0.4) is 0 Å². The average Bonchev–Trinajstić information content (AvgIpc) is 2.82. The molecule has 1 aliphatic heterocycles. The Morgan fingerprint density at radius 1 is 1.33 bits per heavy atom. The van der Waals surface area contributed by atoms with Gasteiger partial charge in [-0.1, -0.05) is 6.07 Å². The number of rotatable bonds is 3. The maximum Gasteiger partial charge on any atom is 0.128 e. The summed E-state index contributed by atoms with van der Waals surface area (Å²) in [5.41, 5.74) is 1.25. The van der Waals surface area contributed by atoms with Crippen LogP contribution >= 0.6 is 0 Å². The van der Waals surface area contributed by atoms with Gasteiger partial charge in [0.2, 0.25) is 0 Å². The first-order chi connectivity index (χ1) is 7.31. The van der Waals surface area contributed by atoms with Gasteiger partial charge >= 0.3 is 0 Å². The summed E-state index contributed by atoms with van der Waals surface area (Å²) in [5, 5.41) is 3.22. The van der Waals surface area contributed by atoms with Gasteiger partial charge in [0.15, 0.2) is 0 Å². The Morgan fingerprint density at radius 2 is 2.07 bits per heavy atom. The molecule has 0 radical (unpaired) electrons. The SMILES string of the molecule is CNC(C)c1ccc(N2CCCC2)nc1. The second kappa shape index (κ2) is 4.62. The Labute approximate surface area is 91.5 Å². The van der Waals surface area contributed by atoms with Crippen LogP contribution in [0.5, 0.6) is 0 Å². The highest BCUT2D eigenvalue weighted by molar-refractivity contribution is 5.40. The van der Waals surface area contributed by atoms with Crippen LogP contribution in [0.4, 0.5) is 5.82 Å². The molecule has 1 saturated heterocycles. The molecule has 2 rings (SSSR count). The van der Waals surface area contributed by atoms with Crippen molar-refractivity contribution in [2.45, 2.75) is 25.8 Å². The Morgan fingerprint density at radius 3 is 2.60 bits per heavy atom. The van der Waals surface area contributed by atoms with E-state index in [4.69, 9.17) is 0 Å². The zero-order valence-electron chi connectivity index (χ0n) is 9.53. The van der Waals surface area contributed by atoms with Crippen molar-refractivity contribution in [3.8, 4) is 0 Å². The molecule has 3 heteroatoms. The van der Waals surface area contributed by atoms with E-state index in [1.807, 2.05) is 13.2 Å². The van der Waals surface area contributed by atoms with Crippen LogP contribution in [0, 0.1) is 0 Å². The quantitative estimate of drug-likeness (QED) is 0.817. The van der Waals surface area contributed by atoms with E-state index < -0.39 is 0 Å². The summed E-state index contributed by atoms with van der Waals surface area (Å²) >= 11 is 0. The molecule has 0 saturated carbocycles. The molecule has 2 heterocycles. The molecule has 0 aliphatic carbocycles. The monoisotopic (exact) mass is 205 g/mol. The molecule has 0 amide bonds. The van der Waals surface area contributed by atoms with E-state index in [1.165, 1.54) is 18.4 Å². The molecule has 82 valence electrons. The van der Waals surface area contributed by atoms with Gasteiger partial charge in [0.05, 0.1) is 0 Å². The van der Waals surface area contributed by atoms with Gasteiger partial charge in [0.25, 0.3) is 0 Å². The van der Waals surface area contributed by atoms with Crippen molar-refractivity contribution in [1.29, 1.82) is 0 Å². The van der Waals surface area contributed by atoms with Crippen LogP contribution in [0.25, 0.3) is 0 Å². The minimum absolute atomic E-state index is 0.380. The van der Waals surface area contributed by atoms with E-state index in [-0.39, 0.29) is 0 Å². The summed E-state index contributed by atoms with van der Waals surface area (Å²) in [7, 11) is 1.97. The first kappa shape index (κ1) is 10.4. The van der Waals surface area contributed by atoms with Gasteiger partial charge in [0.1, 0.15) is 5.82 Å². The number of pyridine rings is 1. The van der Waals surface area contributed by atoms with Crippen LogP contribution in [-0.2, 0) is 0 Å². The van der Waals surface area contributed by atoms with E-state index in [1.54, 1.807) is 0 Å². The predicted molar refractivity (Wildman–Crippen MR) is 63.2 cm³/mol. The third kappa shape index (κ3) is 2.29. The third-order valence-corrected chi connectivity index (χ3v) is 3.13. The average molecular weight is 205 g/mol. The summed E-state index contributed by atoms with van der Waals surface area (Å²) < 4.78 is 0. The third-order valence-electron chi connectivity index (χ3n) is 3.13. The maximum absolute atomic E-state index is 4.52. The molecule has 1 N–H and O–H groups in total. The van der Waals surface area contributed by atoms with E-state index in [2.05, 4.69) is 34.3 Å². The molecule has 0 spiro atoms. The van der Waals surface area contributed by atoms with Crippen molar-refractivity contribution in [3.05, 3.63) is 23.9 Å². The topological polar surface area (TPSA) is 28.2 Å². The molecule has 1 fully saturated rings. The number of nitrogens with one attached hydrogen (secondary N) is 1. The standard InChI is InChI=1S/C12H19N3/c1-10(13-2)11-5-6-12(14-9-11)15-7-3-4-8-15/h5-6,9-10,13H,3-4,7-8H2,1-2H3. The van der Waals surface area contributed by atoms with Crippen LogP contribution in [0.2, 0.25) is 0 Å². The fraction of sp³-hybridized carbons (Fsp3) is 0.583. The second-order valence-corrected chi connectivity index (χ2v) is 4.15. The van der Waals surface area contributed by atoms with E-state index >= 15 is 0 Å². The first-order valence-corrected chi connectivity index (χ1v) is 5.69. The number of anilines is 1. The van der Waals surface area contributed by atoms with Crippen molar-refractivity contribution >= 4 is 5.82 Å². The predicted octanol–water partition coefficient (Wildman–Crippen LogP) is 1.96. The summed E-state index contributed by atoms with van der Waals surface area (Å²) in [5.74, 6) is 1.12. The molecule has 0 aromatic carbocycles. The molecule has 1 atom stereocenters. The van der Waals surface area contributed by atoms with Crippen molar-refractivity contribution in [2.24, 2.45) is 0 Å². The van der Waals surface area contributed by atoms with Gasteiger partial charge in [0, 0.05) is 25.3 Å². The van der Waals surface area contributed by atoms with Gasteiger partial charge in [-0.3, -0.25) is 0 Å². The van der Waals surface area contributed by atoms with Crippen LogP contribution in [0.1, 0.15) is 31.4 Å². The second-order valence-electron chi connectivity index (χ2n) is 4.15. The van der Waals surface area contributed by atoms with Gasteiger partial charge in [-0.2, -0.15) is 0 Å². The van der Waals surface area contributed by atoms with Crippen LogP contribution in [-0.4, -0.2) is 25.1 Å². The van der Waals surface area contributed by atoms with Gasteiger partial charge in [-0.15, -0.1) is 0 Å².